The second-order valence-corrected chi connectivity index (χ2v) is 21.9. The van der Waals surface area contributed by atoms with Gasteiger partial charge in [0, 0.05) is 20.8 Å². The summed E-state index contributed by atoms with van der Waals surface area (Å²) in [5.74, 6) is -2.42. The van der Waals surface area contributed by atoms with E-state index in [9.17, 15) is 117 Å². The second-order valence-electron chi connectivity index (χ2n) is 21.9. The first-order valence-corrected chi connectivity index (χ1v) is 27.6. The predicted octanol–water partition coefficient (Wildman–Crippen LogP) is -15.8. The number of amides is 3. The Kier molecular flexibility index (Phi) is 25.6. The van der Waals surface area contributed by atoms with E-state index in [-0.39, 0.29) is 0 Å². The number of ether oxygens (including phenoxy) is 13. The lowest BCUT2D eigenvalue weighted by atomic mass is 9.94. The van der Waals surface area contributed by atoms with Crippen molar-refractivity contribution in [3.8, 4) is 0 Å². The van der Waals surface area contributed by atoms with E-state index in [1.165, 1.54) is 0 Å². The van der Waals surface area contributed by atoms with Crippen LogP contribution in [0.5, 0.6) is 0 Å². The summed E-state index contributed by atoms with van der Waals surface area (Å²) in [6.45, 7) is -3.51. The highest BCUT2D eigenvalue weighted by atomic mass is 16.8. The van der Waals surface area contributed by atoms with Crippen LogP contribution in [-0.2, 0) is 76.0 Å². The zero-order valence-corrected chi connectivity index (χ0v) is 46.6. The van der Waals surface area contributed by atoms with E-state index in [1.807, 2.05) is 0 Å². The largest absolute Gasteiger partial charge is 0.394 e. The smallest absolute Gasteiger partial charge is 0.217 e. The van der Waals surface area contributed by atoms with Crippen LogP contribution in [-0.4, -0.2) is 381 Å². The first-order chi connectivity index (χ1) is 41.1. The molecule has 39 heteroatoms. The lowest BCUT2D eigenvalue weighted by molar-refractivity contribution is -0.381. The summed E-state index contributed by atoms with van der Waals surface area (Å²) in [5.41, 5.74) is 0. The Morgan fingerprint density at radius 3 is 0.989 bits per heavy atom. The summed E-state index contributed by atoms with van der Waals surface area (Å²) in [6.07, 6.45) is -61.0. The minimum Gasteiger partial charge on any atom is -0.394 e. The maximum atomic E-state index is 12.7. The molecule has 39 nitrogen and oxygen atoms in total. The molecule has 7 aliphatic rings. The zero-order valence-electron chi connectivity index (χ0n) is 46.6. The molecular formula is C48H81N3O36. The molecule has 0 unspecified atom stereocenters. The van der Waals surface area contributed by atoms with Crippen LogP contribution in [0.4, 0.5) is 0 Å². The molecule has 3 amide bonds. The van der Waals surface area contributed by atoms with Crippen molar-refractivity contribution in [2.24, 2.45) is 0 Å². The number of aliphatic hydroxyl groups is 20. The van der Waals surface area contributed by atoms with Crippen molar-refractivity contribution in [3.63, 3.8) is 0 Å². The SMILES string of the molecule is CC(=O)N[C@@H]1[C@@H](O)[C@H](O[C@@H]2O[C@H](CO)[C@@H](O[C@@H]3O[C@H](CO[C@H]4O[C@H](CO)[C@@H](O)[C@H](O)[C@@H]4O[C@@H]4O[C@H](CO)[C@@H](O[C@@H]5O[C@H](CO[C@@H]6O[C@H](CO)[C@H](O)[C@H](O)[C@H]6O)[C@H](O)[C@H](O)[C@H]5O)[C@H](O)[C@H]4NC(C)=O)[C@@H](O)[C@H](O)[C@@H]3O)[C@H](O)[C@H]2NC(C)=O)[C@@H](CO)O[C@H]1O. The van der Waals surface area contributed by atoms with Crippen molar-refractivity contribution in [2.45, 2.75) is 236 Å². The molecule has 504 valence electrons. The van der Waals surface area contributed by atoms with Crippen LogP contribution >= 0.6 is 0 Å². The molecule has 0 bridgehead atoms. The Morgan fingerprint density at radius 2 is 0.586 bits per heavy atom. The molecule has 0 aromatic rings. The number of rotatable bonds is 22. The Hall–Kier alpha value is -2.91. The van der Waals surface area contributed by atoms with E-state index in [0.29, 0.717) is 0 Å². The minimum atomic E-state index is -2.19. The van der Waals surface area contributed by atoms with Crippen molar-refractivity contribution in [2.75, 3.05) is 46.2 Å². The third-order valence-corrected chi connectivity index (χ3v) is 15.7. The van der Waals surface area contributed by atoms with Crippen molar-refractivity contribution in [1.82, 2.24) is 16.0 Å². The fourth-order valence-electron chi connectivity index (χ4n) is 11.0. The van der Waals surface area contributed by atoms with Crippen molar-refractivity contribution < 1.29 is 178 Å². The third kappa shape index (κ3) is 15.9. The molecule has 0 aliphatic carbocycles. The van der Waals surface area contributed by atoms with E-state index in [1.54, 1.807) is 0 Å². The number of nitrogens with one attached hydrogen (secondary N) is 3. The van der Waals surface area contributed by atoms with Gasteiger partial charge in [-0.05, 0) is 0 Å². The standard InChI is InChI=1S/C48H81N3O36/c1-11(57)49-21-28(64)38(16(6-54)77-42(21)74)84-43-22(50-12(2)58)29(65)39(17(7-55)80-43)85-47-37(73)33(69)27(63)20(83-47)10-76-48-41(34(70)25(61)15(5-53)79-48)87-44-23(51-13(3)59)30(66)40(18(8-56)81-44)86-46-36(72)32(68)26(62)19(82-46)9-75-45-35(71)31(67)24(60)14(4-52)78-45/h14-48,52-56,60-74H,4-10H2,1-3H3,(H,49,57)(H,50,58)(H,51,59)/t14-,15-,16-,17-,18-,19-,20-,21-,22-,23-,24+,25-,26+,27-,28-,29-,30-,31+,32+,33+,34+,35-,36-,37+,38-,39-,40-,41+,42-,43+,44+,45-,46+,47+,48+/m1/s1. The zero-order chi connectivity index (χ0) is 64.2. The van der Waals surface area contributed by atoms with Crippen molar-refractivity contribution >= 4 is 17.7 Å². The third-order valence-electron chi connectivity index (χ3n) is 15.7. The van der Waals surface area contributed by atoms with E-state index < -0.39 is 279 Å². The molecule has 0 aromatic carbocycles. The lowest BCUT2D eigenvalue weighted by Gasteiger charge is -2.50. The molecule has 23 N–H and O–H groups in total. The van der Waals surface area contributed by atoms with E-state index in [4.69, 9.17) is 61.6 Å². The van der Waals surface area contributed by atoms with Crippen molar-refractivity contribution in [3.05, 3.63) is 0 Å². The Balaban J connectivity index is 1.05. The summed E-state index contributed by atoms with van der Waals surface area (Å²) >= 11 is 0. The summed E-state index contributed by atoms with van der Waals surface area (Å²) in [6, 6.07) is -5.08. The highest BCUT2D eigenvalue weighted by Gasteiger charge is 2.58. The summed E-state index contributed by atoms with van der Waals surface area (Å²) in [4.78, 5) is 37.1. The van der Waals surface area contributed by atoms with Gasteiger partial charge in [-0.3, -0.25) is 14.4 Å². The highest BCUT2D eigenvalue weighted by Crippen LogP contribution is 2.37. The van der Waals surface area contributed by atoms with Crippen LogP contribution in [0.25, 0.3) is 0 Å². The average Bonchev–Trinajstić information content (AvgIpc) is 1.01. The molecule has 7 rings (SSSR count). The van der Waals surface area contributed by atoms with Gasteiger partial charge in [0.1, 0.15) is 171 Å². The number of hydrogen-bond donors (Lipinski definition) is 23. The quantitative estimate of drug-likeness (QED) is 0.0479. The van der Waals surface area contributed by atoms with Gasteiger partial charge in [0.05, 0.1) is 46.2 Å². The monoisotopic (exact) mass is 1280 g/mol. The van der Waals surface area contributed by atoms with Crippen LogP contribution < -0.4 is 16.0 Å². The molecule has 35 atom stereocenters. The maximum Gasteiger partial charge on any atom is 0.217 e. The second kappa shape index (κ2) is 31.1. The molecule has 7 aliphatic heterocycles. The van der Waals surface area contributed by atoms with Crippen LogP contribution in [0.1, 0.15) is 20.8 Å². The first kappa shape index (κ1) is 71.5. The predicted molar refractivity (Wildman–Crippen MR) is 267 cm³/mol. The molecule has 7 heterocycles. The number of carbonyl (C=O) groups is 3. The van der Waals surface area contributed by atoms with Crippen LogP contribution in [0.3, 0.4) is 0 Å². The fraction of sp³-hybridized carbons (Fsp3) is 0.938. The van der Waals surface area contributed by atoms with Gasteiger partial charge >= 0.3 is 0 Å². The van der Waals surface area contributed by atoms with Gasteiger partial charge in [0.2, 0.25) is 17.7 Å². The Labute approximate surface area is 492 Å². The Morgan fingerprint density at radius 1 is 0.299 bits per heavy atom. The number of aliphatic hydroxyl groups excluding tert-OH is 20. The normalized spacial score (nSPS) is 48.9. The molecule has 7 fully saturated rings. The molecule has 7 saturated heterocycles. The maximum absolute atomic E-state index is 12.7. The fourth-order valence-corrected chi connectivity index (χ4v) is 11.0. The molecule has 0 saturated carbocycles. The van der Waals surface area contributed by atoms with Gasteiger partial charge < -0.3 is 180 Å². The first-order valence-electron chi connectivity index (χ1n) is 27.6. The van der Waals surface area contributed by atoms with E-state index in [0.717, 1.165) is 20.8 Å². The molecular weight excluding hydrogens is 1190 g/mol. The van der Waals surface area contributed by atoms with E-state index >= 15 is 0 Å². The van der Waals surface area contributed by atoms with Crippen LogP contribution in [0.2, 0.25) is 0 Å². The summed E-state index contributed by atoms with van der Waals surface area (Å²) in [7, 11) is 0. The molecule has 0 aromatic heterocycles. The molecule has 0 spiro atoms. The minimum absolute atomic E-state index is 0.715. The van der Waals surface area contributed by atoms with Gasteiger partial charge in [0.15, 0.2) is 44.0 Å². The van der Waals surface area contributed by atoms with Crippen molar-refractivity contribution in [1.29, 1.82) is 0 Å². The molecule has 0 radical (unpaired) electrons. The van der Waals surface area contributed by atoms with Gasteiger partial charge in [-0.2, -0.15) is 0 Å². The topological polar surface area (TPSA) is 612 Å². The lowest BCUT2D eigenvalue weighted by Crippen LogP contribution is -2.70. The number of carbonyl (C=O) groups excluding carboxylic acids is 3. The van der Waals surface area contributed by atoms with E-state index in [2.05, 4.69) is 16.0 Å². The van der Waals surface area contributed by atoms with Crippen LogP contribution in [0.15, 0.2) is 0 Å². The summed E-state index contributed by atoms with van der Waals surface area (Å²) < 4.78 is 74.6. The van der Waals surface area contributed by atoms with Gasteiger partial charge in [-0.25, -0.2) is 0 Å². The van der Waals surface area contributed by atoms with Gasteiger partial charge in [-0.1, -0.05) is 0 Å². The van der Waals surface area contributed by atoms with Crippen LogP contribution in [0, 0.1) is 0 Å². The Bertz CT molecular complexity index is 2190. The van der Waals surface area contributed by atoms with Gasteiger partial charge in [-0.15, -0.1) is 0 Å². The summed E-state index contributed by atoms with van der Waals surface area (Å²) in [5, 5.41) is 222. The highest BCUT2D eigenvalue weighted by molar-refractivity contribution is 5.74. The average molecular weight is 1280 g/mol. The van der Waals surface area contributed by atoms with Gasteiger partial charge in [0.25, 0.3) is 0 Å². The number of hydrogen-bond acceptors (Lipinski definition) is 36. The molecule has 87 heavy (non-hydrogen) atoms.